The molecule has 3 rings (SSSR count). The zero-order valence-electron chi connectivity index (χ0n) is 15.8. The molecule has 144 valence electrons. The van der Waals surface area contributed by atoms with Crippen molar-refractivity contribution in [2.24, 2.45) is 0 Å². The Hall–Kier alpha value is -3.12. The van der Waals surface area contributed by atoms with Crippen LogP contribution < -0.4 is 9.62 Å². The summed E-state index contributed by atoms with van der Waals surface area (Å²) in [5, 5.41) is 2.87. The smallest absolute Gasteiger partial charge is 0.264 e. The molecule has 0 unspecified atom stereocenters. The van der Waals surface area contributed by atoms with E-state index in [-0.39, 0.29) is 17.2 Å². The summed E-state index contributed by atoms with van der Waals surface area (Å²) < 4.78 is 26.6. The number of sulfonamides is 1. The van der Waals surface area contributed by atoms with Gasteiger partial charge < -0.3 is 5.32 Å². The SMILES string of the molecule is Cc1cccc(NC(=O)Cc2ccc(N(C)S(=O)(=O)c3ccccc3)cc2)c1. The predicted molar refractivity (Wildman–Crippen MR) is 112 cm³/mol. The molecular formula is C22H22N2O3S. The number of carbonyl (C=O) groups excluding carboxylic acids is 1. The van der Waals surface area contributed by atoms with Crippen molar-refractivity contribution >= 4 is 27.3 Å². The van der Waals surface area contributed by atoms with Gasteiger partial charge in [0.15, 0.2) is 0 Å². The fourth-order valence-electron chi connectivity index (χ4n) is 2.83. The molecular weight excluding hydrogens is 372 g/mol. The lowest BCUT2D eigenvalue weighted by atomic mass is 10.1. The van der Waals surface area contributed by atoms with E-state index in [9.17, 15) is 13.2 Å². The zero-order valence-corrected chi connectivity index (χ0v) is 16.6. The van der Waals surface area contributed by atoms with Gasteiger partial charge in [-0.2, -0.15) is 0 Å². The summed E-state index contributed by atoms with van der Waals surface area (Å²) >= 11 is 0. The number of benzene rings is 3. The van der Waals surface area contributed by atoms with Gasteiger partial charge in [-0.05, 0) is 54.4 Å². The molecule has 1 amide bonds. The standard InChI is InChI=1S/C22H22N2O3S/c1-17-7-6-8-19(15-17)23-22(25)16-18-11-13-20(14-12-18)24(2)28(26,27)21-9-4-3-5-10-21/h3-15H,16H2,1-2H3,(H,23,25). The van der Waals surface area contributed by atoms with Crippen molar-refractivity contribution in [3.8, 4) is 0 Å². The molecule has 1 N–H and O–H groups in total. The van der Waals surface area contributed by atoms with Crippen LogP contribution in [0.25, 0.3) is 0 Å². The Morgan fingerprint density at radius 2 is 1.61 bits per heavy atom. The lowest BCUT2D eigenvalue weighted by Gasteiger charge is -2.19. The summed E-state index contributed by atoms with van der Waals surface area (Å²) in [6, 6.07) is 22.8. The number of nitrogens with zero attached hydrogens (tertiary/aromatic N) is 1. The van der Waals surface area contributed by atoms with Gasteiger partial charge >= 0.3 is 0 Å². The Balaban J connectivity index is 1.68. The highest BCUT2D eigenvalue weighted by atomic mass is 32.2. The normalized spacial score (nSPS) is 11.1. The molecule has 6 heteroatoms. The van der Waals surface area contributed by atoms with Crippen molar-refractivity contribution < 1.29 is 13.2 Å². The third kappa shape index (κ3) is 4.58. The van der Waals surface area contributed by atoms with E-state index in [0.29, 0.717) is 5.69 Å². The summed E-state index contributed by atoms with van der Waals surface area (Å²) in [7, 11) is -2.10. The van der Waals surface area contributed by atoms with Gasteiger partial charge in [-0.25, -0.2) is 8.42 Å². The summed E-state index contributed by atoms with van der Waals surface area (Å²) in [6.07, 6.45) is 0.212. The van der Waals surface area contributed by atoms with E-state index in [1.165, 1.54) is 11.4 Å². The van der Waals surface area contributed by atoms with Gasteiger partial charge in [0.2, 0.25) is 5.91 Å². The molecule has 0 spiro atoms. The summed E-state index contributed by atoms with van der Waals surface area (Å²) in [4.78, 5) is 12.5. The second-order valence-corrected chi connectivity index (χ2v) is 8.52. The molecule has 0 aliphatic carbocycles. The largest absolute Gasteiger partial charge is 0.326 e. The van der Waals surface area contributed by atoms with Crippen molar-refractivity contribution in [2.45, 2.75) is 18.2 Å². The lowest BCUT2D eigenvalue weighted by molar-refractivity contribution is -0.115. The number of anilines is 2. The maximum atomic E-state index is 12.7. The van der Waals surface area contributed by atoms with Crippen LogP contribution in [0.15, 0.2) is 83.8 Å². The number of amides is 1. The third-order valence-electron chi connectivity index (χ3n) is 4.37. The molecule has 0 heterocycles. The van der Waals surface area contributed by atoms with Crippen LogP contribution in [0.3, 0.4) is 0 Å². The molecule has 0 atom stereocenters. The van der Waals surface area contributed by atoms with E-state index < -0.39 is 10.0 Å². The fraction of sp³-hybridized carbons (Fsp3) is 0.136. The Labute approximate surface area is 165 Å². The van der Waals surface area contributed by atoms with Crippen molar-refractivity contribution in [1.82, 2.24) is 0 Å². The van der Waals surface area contributed by atoms with Crippen molar-refractivity contribution in [3.63, 3.8) is 0 Å². The van der Waals surface area contributed by atoms with Gasteiger partial charge in [0, 0.05) is 12.7 Å². The Morgan fingerprint density at radius 1 is 0.929 bits per heavy atom. The first-order valence-corrected chi connectivity index (χ1v) is 10.3. The van der Waals surface area contributed by atoms with E-state index in [1.54, 1.807) is 54.6 Å². The lowest BCUT2D eigenvalue weighted by Crippen LogP contribution is -2.26. The molecule has 3 aromatic rings. The Kier molecular flexibility index (Phi) is 5.80. The number of nitrogens with one attached hydrogen (secondary N) is 1. The van der Waals surface area contributed by atoms with Gasteiger partial charge in [-0.1, -0.05) is 42.5 Å². The van der Waals surface area contributed by atoms with Crippen LogP contribution in [-0.2, 0) is 21.2 Å². The van der Waals surface area contributed by atoms with Crippen molar-refractivity contribution in [3.05, 3.63) is 90.0 Å². The maximum Gasteiger partial charge on any atom is 0.264 e. The van der Waals surface area contributed by atoms with Crippen LogP contribution in [-0.4, -0.2) is 21.4 Å². The van der Waals surface area contributed by atoms with Gasteiger partial charge in [0.1, 0.15) is 0 Å². The average Bonchev–Trinajstić information content (AvgIpc) is 2.68. The van der Waals surface area contributed by atoms with Crippen LogP contribution in [0, 0.1) is 6.92 Å². The molecule has 0 saturated carbocycles. The van der Waals surface area contributed by atoms with Gasteiger partial charge in [0.05, 0.1) is 17.0 Å². The van der Waals surface area contributed by atoms with Crippen molar-refractivity contribution in [2.75, 3.05) is 16.7 Å². The van der Waals surface area contributed by atoms with Gasteiger partial charge in [-0.15, -0.1) is 0 Å². The molecule has 0 aliphatic heterocycles. The molecule has 0 aromatic heterocycles. The molecule has 3 aromatic carbocycles. The molecule has 5 nitrogen and oxygen atoms in total. The number of hydrogen-bond acceptors (Lipinski definition) is 3. The highest BCUT2D eigenvalue weighted by Gasteiger charge is 2.20. The summed E-state index contributed by atoms with van der Waals surface area (Å²) in [6.45, 7) is 1.97. The van der Waals surface area contributed by atoms with Crippen LogP contribution in [0.2, 0.25) is 0 Å². The summed E-state index contributed by atoms with van der Waals surface area (Å²) in [5.41, 5.74) is 3.17. The second kappa shape index (κ2) is 8.27. The van der Waals surface area contributed by atoms with E-state index in [2.05, 4.69) is 5.32 Å². The minimum Gasteiger partial charge on any atom is -0.326 e. The molecule has 28 heavy (non-hydrogen) atoms. The molecule has 0 aliphatic rings. The van der Waals surface area contributed by atoms with Crippen LogP contribution >= 0.6 is 0 Å². The Bertz CT molecular complexity index is 1060. The number of carbonyl (C=O) groups is 1. The molecule has 0 fully saturated rings. The molecule has 0 saturated heterocycles. The van der Waals surface area contributed by atoms with E-state index in [1.807, 2.05) is 31.2 Å². The molecule has 0 bridgehead atoms. The minimum absolute atomic E-state index is 0.122. The van der Waals surface area contributed by atoms with Crippen molar-refractivity contribution in [1.29, 1.82) is 0 Å². The van der Waals surface area contributed by atoms with Gasteiger partial charge in [0.25, 0.3) is 10.0 Å². The van der Waals surface area contributed by atoms with Crippen LogP contribution in [0.5, 0.6) is 0 Å². The van der Waals surface area contributed by atoms with Gasteiger partial charge in [-0.3, -0.25) is 9.10 Å². The number of aryl methyl sites for hydroxylation is 1. The first kappa shape index (κ1) is 19.6. The number of hydrogen-bond donors (Lipinski definition) is 1. The highest BCUT2D eigenvalue weighted by Crippen LogP contribution is 2.22. The Morgan fingerprint density at radius 3 is 2.25 bits per heavy atom. The van der Waals surface area contributed by atoms with E-state index in [4.69, 9.17) is 0 Å². The topological polar surface area (TPSA) is 66.5 Å². The second-order valence-electron chi connectivity index (χ2n) is 6.55. The molecule has 0 radical (unpaired) electrons. The first-order valence-electron chi connectivity index (χ1n) is 8.86. The van der Waals surface area contributed by atoms with Crippen LogP contribution in [0.1, 0.15) is 11.1 Å². The predicted octanol–water partition coefficient (Wildman–Crippen LogP) is 4.00. The average molecular weight is 394 g/mol. The van der Waals surface area contributed by atoms with E-state index in [0.717, 1.165) is 16.8 Å². The third-order valence-corrected chi connectivity index (χ3v) is 6.17. The monoisotopic (exact) mass is 394 g/mol. The minimum atomic E-state index is -3.62. The van der Waals surface area contributed by atoms with E-state index >= 15 is 0 Å². The highest BCUT2D eigenvalue weighted by molar-refractivity contribution is 7.92. The fourth-order valence-corrected chi connectivity index (χ4v) is 4.04. The quantitative estimate of drug-likeness (QED) is 0.687. The number of rotatable bonds is 6. The van der Waals surface area contributed by atoms with Crippen LogP contribution in [0.4, 0.5) is 11.4 Å². The maximum absolute atomic E-state index is 12.7. The first-order chi connectivity index (χ1) is 13.4. The summed E-state index contributed by atoms with van der Waals surface area (Å²) in [5.74, 6) is -0.122. The zero-order chi connectivity index (χ0) is 20.1.